The quantitative estimate of drug-likeness (QED) is 0.936. The van der Waals surface area contributed by atoms with Crippen LogP contribution in [0.1, 0.15) is 22.5 Å². The summed E-state index contributed by atoms with van der Waals surface area (Å²) in [4.78, 5) is 0. The van der Waals surface area contributed by atoms with Crippen LogP contribution in [0.5, 0.6) is 0 Å². The first-order valence-corrected chi connectivity index (χ1v) is 6.77. The van der Waals surface area contributed by atoms with Crippen LogP contribution in [0.2, 0.25) is 0 Å². The van der Waals surface area contributed by atoms with Crippen molar-refractivity contribution < 1.29 is 0 Å². The Morgan fingerprint density at radius 3 is 2.61 bits per heavy atom. The van der Waals surface area contributed by atoms with Crippen LogP contribution in [0.15, 0.2) is 22.7 Å². The van der Waals surface area contributed by atoms with Gasteiger partial charge in [0, 0.05) is 12.7 Å². The second-order valence-electron chi connectivity index (χ2n) is 4.64. The normalized spacial score (nSPS) is 10.7. The molecule has 0 radical (unpaired) electrons. The van der Waals surface area contributed by atoms with Crippen LogP contribution < -0.4 is 5.32 Å². The smallest absolute Gasteiger partial charge is 0.0739 e. The minimum atomic E-state index is 0.766. The van der Waals surface area contributed by atoms with Gasteiger partial charge < -0.3 is 5.32 Å². The third-order valence-corrected chi connectivity index (χ3v) is 4.13. The minimum Gasteiger partial charge on any atom is -0.379 e. The Morgan fingerprint density at radius 1 is 1.28 bits per heavy atom. The molecule has 0 bridgehead atoms. The van der Waals surface area contributed by atoms with Crippen LogP contribution in [0.4, 0.5) is 5.69 Å². The molecule has 1 heterocycles. The van der Waals surface area contributed by atoms with Crippen LogP contribution in [0, 0.1) is 20.8 Å². The summed E-state index contributed by atoms with van der Waals surface area (Å²) < 4.78 is 3.00. The molecule has 1 aromatic heterocycles. The zero-order valence-electron chi connectivity index (χ0n) is 11.2. The number of benzene rings is 1. The minimum absolute atomic E-state index is 0.766. The number of halogens is 1. The third-order valence-electron chi connectivity index (χ3n) is 3.10. The molecule has 2 aromatic rings. The van der Waals surface area contributed by atoms with Gasteiger partial charge in [-0.25, -0.2) is 0 Å². The molecule has 0 aliphatic rings. The highest BCUT2D eigenvalue weighted by molar-refractivity contribution is 9.10. The molecule has 0 fully saturated rings. The molecule has 0 spiro atoms. The Balaban J connectivity index is 2.19. The zero-order chi connectivity index (χ0) is 13.3. The number of nitrogens with zero attached hydrogens (tertiary/aromatic N) is 2. The molecule has 0 aliphatic carbocycles. The van der Waals surface area contributed by atoms with E-state index in [1.807, 2.05) is 18.7 Å². The largest absolute Gasteiger partial charge is 0.379 e. The Morgan fingerprint density at radius 2 is 2.00 bits per heavy atom. The molecule has 0 atom stereocenters. The summed E-state index contributed by atoms with van der Waals surface area (Å²) >= 11 is 3.58. The van der Waals surface area contributed by atoms with Crippen molar-refractivity contribution in [2.75, 3.05) is 5.32 Å². The lowest BCUT2D eigenvalue weighted by Gasteiger charge is -2.11. The van der Waals surface area contributed by atoms with Gasteiger partial charge >= 0.3 is 0 Å². The maximum atomic E-state index is 4.39. The van der Waals surface area contributed by atoms with Gasteiger partial charge in [0.15, 0.2) is 0 Å². The van der Waals surface area contributed by atoms with Crippen LogP contribution >= 0.6 is 15.9 Å². The standard InChI is InChI=1S/C14H18BrN3/c1-9-5-6-10(2)12(7-9)16-8-13-14(15)11(3)17-18(13)4/h5-7,16H,8H2,1-4H3. The van der Waals surface area contributed by atoms with Crippen molar-refractivity contribution >= 4 is 21.6 Å². The summed E-state index contributed by atoms with van der Waals surface area (Å²) in [5.74, 6) is 0. The van der Waals surface area contributed by atoms with Crippen molar-refractivity contribution in [3.8, 4) is 0 Å². The average molecular weight is 308 g/mol. The molecular weight excluding hydrogens is 290 g/mol. The lowest BCUT2D eigenvalue weighted by atomic mass is 10.1. The molecular formula is C14H18BrN3. The van der Waals surface area contributed by atoms with E-state index >= 15 is 0 Å². The van der Waals surface area contributed by atoms with Gasteiger partial charge in [0.25, 0.3) is 0 Å². The lowest BCUT2D eigenvalue weighted by molar-refractivity contribution is 0.712. The van der Waals surface area contributed by atoms with Gasteiger partial charge in [-0.3, -0.25) is 4.68 Å². The van der Waals surface area contributed by atoms with Crippen LogP contribution in [-0.2, 0) is 13.6 Å². The highest BCUT2D eigenvalue weighted by Crippen LogP contribution is 2.22. The summed E-state index contributed by atoms with van der Waals surface area (Å²) in [6.07, 6.45) is 0. The van der Waals surface area contributed by atoms with Crippen molar-refractivity contribution in [1.82, 2.24) is 9.78 Å². The van der Waals surface area contributed by atoms with E-state index in [9.17, 15) is 0 Å². The van der Waals surface area contributed by atoms with Crippen molar-refractivity contribution in [3.63, 3.8) is 0 Å². The number of aromatic nitrogens is 2. The van der Waals surface area contributed by atoms with E-state index in [2.05, 4.69) is 58.4 Å². The molecule has 0 saturated heterocycles. The maximum absolute atomic E-state index is 4.39. The first kappa shape index (κ1) is 13.1. The molecule has 1 N–H and O–H groups in total. The molecule has 3 nitrogen and oxygen atoms in total. The fourth-order valence-electron chi connectivity index (χ4n) is 1.98. The van der Waals surface area contributed by atoms with E-state index in [0.717, 1.165) is 22.4 Å². The molecule has 0 amide bonds. The van der Waals surface area contributed by atoms with Gasteiger partial charge in [-0.15, -0.1) is 0 Å². The van der Waals surface area contributed by atoms with E-state index in [1.165, 1.54) is 16.8 Å². The summed E-state index contributed by atoms with van der Waals surface area (Å²) in [6, 6.07) is 6.44. The summed E-state index contributed by atoms with van der Waals surface area (Å²) in [5, 5.41) is 7.87. The van der Waals surface area contributed by atoms with Crippen molar-refractivity contribution in [1.29, 1.82) is 0 Å². The van der Waals surface area contributed by atoms with Gasteiger partial charge in [-0.1, -0.05) is 12.1 Å². The van der Waals surface area contributed by atoms with E-state index in [4.69, 9.17) is 0 Å². The predicted octanol–water partition coefficient (Wildman–Crippen LogP) is 3.72. The SMILES string of the molecule is Cc1ccc(C)c(NCc2c(Br)c(C)nn2C)c1. The number of hydrogen-bond acceptors (Lipinski definition) is 2. The van der Waals surface area contributed by atoms with Crippen molar-refractivity contribution in [2.45, 2.75) is 27.3 Å². The number of aryl methyl sites for hydroxylation is 4. The van der Waals surface area contributed by atoms with E-state index in [0.29, 0.717) is 0 Å². The Labute approximate surface area is 116 Å². The zero-order valence-corrected chi connectivity index (χ0v) is 12.8. The van der Waals surface area contributed by atoms with Crippen molar-refractivity contribution in [2.24, 2.45) is 7.05 Å². The van der Waals surface area contributed by atoms with Gasteiger partial charge in [0.1, 0.15) is 0 Å². The fourth-order valence-corrected chi connectivity index (χ4v) is 2.45. The summed E-state index contributed by atoms with van der Waals surface area (Å²) in [5.41, 5.74) is 5.89. The monoisotopic (exact) mass is 307 g/mol. The van der Waals surface area contributed by atoms with Gasteiger partial charge in [-0.05, 0) is 53.9 Å². The van der Waals surface area contributed by atoms with Crippen LogP contribution in [0.3, 0.4) is 0 Å². The highest BCUT2D eigenvalue weighted by Gasteiger charge is 2.10. The maximum Gasteiger partial charge on any atom is 0.0739 e. The molecule has 1 aromatic carbocycles. The van der Waals surface area contributed by atoms with Crippen LogP contribution in [0.25, 0.3) is 0 Å². The number of rotatable bonds is 3. The van der Waals surface area contributed by atoms with E-state index < -0.39 is 0 Å². The van der Waals surface area contributed by atoms with Gasteiger partial charge in [0.2, 0.25) is 0 Å². The first-order chi connectivity index (χ1) is 8.49. The molecule has 2 rings (SSSR count). The number of hydrogen-bond donors (Lipinski definition) is 1. The first-order valence-electron chi connectivity index (χ1n) is 5.98. The average Bonchev–Trinajstić information content (AvgIpc) is 2.55. The van der Waals surface area contributed by atoms with E-state index in [-0.39, 0.29) is 0 Å². The Bertz CT molecular complexity index is 573. The van der Waals surface area contributed by atoms with Gasteiger partial charge in [0.05, 0.1) is 22.4 Å². The second-order valence-corrected chi connectivity index (χ2v) is 5.43. The second kappa shape index (κ2) is 5.14. The molecule has 18 heavy (non-hydrogen) atoms. The number of nitrogens with one attached hydrogen (secondary N) is 1. The van der Waals surface area contributed by atoms with Crippen LogP contribution in [-0.4, -0.2) is 9.78 Å². The third kappa shape index (κ3) is 2.58. The molecule has 0 saturated carbocycles. The lowest BCUT2D eigenvalue weighted by Crippen LogP contribution is -2.07. The predicted molar refractivity (Wildman–Crippen MR) is 78.9 cm³/mol. The van der Waals surface area contributed by atoms with E-state index in [1.54, 1.807) is 0 Å². The number of anilines is 1. The molecule has 96 valence electrons. The fraction of sp³-hybridized carbons (Fsp3) is 0.357. The summed E-state index contributed by atoms with van der Waals surface area (Å²) in [6.45, 7) is 6.99. The van der Waals surface area contributed by atoms with Gasteiger partial charge in [-0.2, -0.15) is 5.10 Å². The Hall–Kier alpha value is -1.29. The topological polar surface area (TPSA) is 29.9 Å². The highest BCUT2D eigenvalue weighted by atomic mass is 79.9. The Kier molecular flexibility index (Phi) is 3.76. The molecule has 0 unspecified atom stereocenters. The summed E-state index contributed by atoms with van der Waals surface area (Å²) in [7, 11) is 1.97. The molecule has 0 aliphatic heterocycles. The molecule has 4 heteroatoms. The van der Waals surface area contributed by atoms with Crippen molar-refractivity contribution in [3.05, 3.63) is 45.2 Å².